The molecule has 130 valence electrons. The number of halogens is 2. The van der Waals surface area contributed by atoms with E-state index >= 15 is 0 Å². The van der Waals surface area contributed by atoms with Gasteiger partial charge in [0.15, 0.2) is 0 Å². The quantitative estimate of drug-likeness (QED) is 0.176. The summed E-state index contributed by atoms with van der Waals surface area (Å²) in [4.78, 5) is 2.64. The van der Waals surface area contributed by atoms with Gasteiger partial charge in [-0.2, -0.15) is 0 Å². The van der Waals surface area contributed by atoms with Crippen molar-refractivity contribution in [3.8, 4) is 0 Å². The second-order valence-corrected chi connectivity index (χ2v) is 41.2. The van der Waals surface area contributed by atoms with Gasteiger partial charge in [0.25, 0.3) is 0 Å². The predicted molar refractivity (Wildman–Crippen MR) is 134 cm³/mol. The van der Waals surface area contributed by atoms with Crippen LogP contribution in [0.4, 0.5) is 0 Å². The third kappa shape index (κ3) is 3.95. The Morgan fingerprint density at radius 1 is 0.615 bits per heavy atom. The first-order valence-electron chi connectivity index (χ1n) is 8.18. The van der Waals surface area contributed by atoms with Crippen LogP contribution < -0.4 is 7.22 Å². The maximum atomic E-state index is 2.77. The van der Waals surface area contributed by atoms with Crippen LogP contribution in [0, 0.1) is 0 Å². The summed E-state index contributed by atoms with van der Waals surface area (Å²) in [5.74, 6) is 0. The van der Waals surface area contributed by atoms with E-state index in [0.717, 1.165) is 0 Å². The van der Waals surface area contributed by atoms with Gasteiger partial charge >= 0.3 is 184 Å². The monoisotopic (exact) mass is 696 g/mol. The average Bonchev–Trinajstić information content (AvgIpc) is 2.69. The average molecular weight is 694 g/mol. The molecule has 0 aliphatic rings. The molecule has 0 N–H and O–H groups in total. The van der Waals surface area contributed by atoms with Crippen LogP contribution in [0.3, 0.4) is 0 Å². The third-order valence-electron chi connectivity index (χ3n) is 4.11. The van der Waals surface area contributed by atoms with Gasteiger partial charge in [-0.25, -0.2) is 0 Å². The third-order valence-corrected chi connectivity index (χ3v) is 23.4. The summed E-state index contributed by atoms with van der Waals surface area (Å²) < 4.78 is 3.04. The molecule has 0 spiro atoms. The zero-order chi connectivity index (χ0) is 18.0. The molecule has 0 bridgehead atoms. The number of hydrogen-bond donors (Lipinski definition) is 0. The normalized spacial score (nSPS) is 12.2. The molecule has 0 amide bonds. The summed E-state index contributed by atoms with van der Waals surface area (Å²) in [5.41, 5.74) is 0. The standard InChI is InChI=1S/C22H16I2STe/c23-26(24,19-13-5-2-6-14-19)21-16-8-10-17-9-7-15-20(22(17)21)25-18-11-3-1-4-12-18/h1-16H. The second kappa shape index (κ2) is 8.40. The predicted octanol–water partition coefficient (Wildman–Crippen LogP) is 6.42. The minimum absolute atomic E-state index is 1.29. The Morgan fingerprint density at radius 2 is 1.23 bits per heavy atom. The van der Waals surface area contributed by atoms with Crippen molar-refractivity contribution in [3.63, 3.8) is 0 Å². The Kier molecular flexibility index (Phi) is 6.16. The molecular formula is C22H16I2STe. The molecule has 0 saturated heterocycles. The molecule has 4 heteroatoms. The zero-order valence-corrected chi connectivity index (χ0v) is 21.3. The van der Waals surface area contributed by atoms with Gasteiger partial charge in [-0.3, -0.25) is 0 Å². The molecule has 0 nitrogen and oxygen atoms in total. The van der Waals surface area contributed by atoms with Crippen LogP contribution >= 0.6 is 49.2 Å². The van der Waals surface area contributed by atoms with Crippen molar-refractivity contribution >= 4 is 77.4 Å². The van der Waals surface area contributed by atoms with Gasteiger partial charge in [0.05, 0.1) is 0 Å². The maximum absolute atomic E-state index is 2.77. The van der Waals surface area contributed by atoms with E-state index in [4.69, 9.17) is 0 Å². The molecule has 4 aromatic rings. The van der Waals surface area contributed by atoms with Gasteiger partial charge in [0.1, 0.15) is 0 Å². The first-order chi connectivity index (χ1) is 12.7. The summed E-state index contributed by atoms with van der Waals surface area (Å²) in [5, 5.41) is 2.76. The van der Waals surface area contributed by atoms with Crippen LogP contribution in [0.5, 0.6) is 0 Å². The fraction of sp³-hybridized carbons (Fsp3) is 0. The molecule has 0 unspecified atom stereocenters. The van der Waals surface area contributed by atoms with E-state index in [1.54, 1.807) is 0 Å². The summed E-state index contributed by atoms with van der Waals surface area (Å²) in [6, 6.07) is 35.2. The fourth-order valence-electron chi connectivity index (χ4n) is 2.91. The molecule has 0 atom stereocenters. The van der Waals surface area contributed by atoms with Crippen molar-refractivity contribution in [2.24, 2.45) is 0 Å². The van der Waals surface area contributed by atoms with Gasteiger partial charge in [0.2, 0.25) is 0 Å². The Labute approximate surface area is 182 Å². The van der Waals surface area contributed by atoms with E-state index in [-0.39, 0.29) is 0 Å². The Morgan fingerprint density at radius 3 is 1.92 bits per heavy atom. The molecule has 0 aromatic heterocycles. The summed E-state index contributed by atoms with van der Waals surface area (Å²) in [7, 11) is -2.48. The van der Waals surface area contributed by atoms with Crippen molar-refractivity contribution < 1.29 is 0 Å². The first-order valence-corrected chi connectivity index (χ1v) is 24.9. The van der Waals surface area contributed by atoms with Crippen LogP contribution in [-0.4, -0.2) is 10.3 Å². The molecule has 0 aliphatic heterocycles. The zero-order valence-electron chi connectivity index (χ0n) is 13.8. The van der Waals surface area contributed by atoms with Crippen molar-refractivity contribution in [3.05, 3.63) is 97.1 Å². The van der Waals surface area contributed by atoms with Crippen LogP contribution in [0.2, 0.25) is 0 Å². The van der Waals surface area contributed by atoms with E-state index in [9.17, 15) is 0 Å². The first kappa shape index (κ1) is 19.1. The molecule has 0 aliphatic carbocycles. The van der Waals surface area contributed by atoms with Crippen molar-refractivity contribution in [1.29, 1.82) is 0 Å². The van der Waals surface area contributed by atoms with Gasteiger partial charge in [-0.1, -0.05) is 0 Å². The Balaban J connectivity index is 1.91. The molecule has 0 radical (unpaired) electrons. The van der Waals surface area contributed by atoms with Crippen LogP contribution in [-0.2, 0) is 0 Å². The van der Waals surface area contributed by atoms with Crippen LogP contribution in [0.1, 0.15) is 0 Å². The fourth-order valence-corrected chi connectivity index (χ4v) is 17.2. The van der Waals surface area contributed by atoms with Crippen molar-refractivity contribution in [2.45, 2.75) is 9.79 Å². The molecule has 26 heavy (non-hydrogen) atoms. The number of rotatable bonds is 4. The van der Waals surface area contributed by atoms with Crippen molar-refractivity contribution in [2.75, 3.05) is 0 Å². The van der Waals surface area contributed by atoms with Crippen LogP contribution in [0.25, 0.3) is 10.8 Å². The van der Waals surface area contributed by atoms with E-state index in [1.165, 1.54) is 27.8 Å². The van der Waals surface area contributed by atoms with Crippen molar-refractivity contribution in [1.82, 2.24) is 0 Å². The molecule has 0 saturated carbocycles. The van der Waals surface area contributed by atoms with E-state index in [0.29, 0.717) is 0 Å². The van der Waals surface area contributed by atoms with E-state index in [1.807, 2.05) is 11.8 Å². The summed E-state index contributed by atoms with van der Waals surface area (Å²) in [6.07, 6.45) is 0. The van der Waals surface area contributed by atoms with E-state index < -0.39 is 10.3 Å². The molecular weight excluding hydrogens is 678 g/mol. The molecule has 4 aromatic carbocycles. The summed E-state index contributed by atoms with van der Waals surface area (Å²) >= 11 is 7.41. The van der Waals surface area contributed by atoms with Crippen LogP contribution in [0.15, 0.2) is 107 Å². The van der Waals surface area contributed by atoms with Gasteiger partial charge < -0.3 is 0 Å². The van der Waals surface area contributed by atoms with E-state index in [2.05, 4.69) is 134 Å². The topological polar surface area (TPSA) is 0 Å². The SMILES string of the molecule is I[Te](I)(c1ccccc1)c1cccc2cccc(Sc3ccccc3)c12. The van der Waals surface area contributed by atoms with Gasteiger partial charge in [-0.05, 0) is 0 Å². The summed E-state index contributed by atoms with van der Waals surface area (Å²) in [6.45, 7) is 0. The second-order valence-electron chi connectivity index (χ2n) is 5.81. The van der Waals surface area contributed by atoms with Gasteiger partial charge in [-0.15, -0.1) is 0 Å². The Hall–Kier alpha value is -0.260. The molecule has 0 fully saturated rings. The Bertz CT molecular complexity index is 1030. The minimum atomic E-state index is -2.48. The number of benzene rings is 4. The van der Waals surface area contributed by atoms with Gasteiger partial charge in [0, 0.05) is 0 Å². The molecule has 0 heterocycles. The molecule has 4 rings (SSSR count). The number of hydrogen-bond acceptors (Lipinski definition) is 1. The number of fused-ring (bicyclic) bond motifs is 1.